The SMILES string of the molecule is Cn1cccc1[C@H]1CCC[NH+]1CC(=O)Nc1ccc(I)cc1. The van der Waals surface area contributed by atoms with Gasteiger partial charge < -0.3 is 14.8 Å². The van der Waals surface area contributed by atoms with Crippen molar-refractivity contribution in [1.29, 1.82) is 0 Å². The first-order valence-corrected chi connectivity index (χ1v) is 8.72. The Kier molecular flexibility index (Phi) is 4.83. The van der Waals surface area contributed by atoms with Crippen LogP contribution in [-0.4, -0.2) is 23.6 Å². The number of amides is 1. The van der Waals surface area contributed by atoms with E-state index >= 15 is 0 Å². The van der Waals surface area contributed by atoms with E-state index in [1.807, 2.05) is 24.3 Å². The molecule has 0 aliphatic carbocycles. The molecule has 2 atom stereocenters. The van der Waals surface area contributed by atoms with Crippen LogP contribution in [0.2, 0.25) is 0 Å². The predicted molar refractivity (Wildman–Crippen MR) is 95.9 cm³/mol. The lowest BCUT2D eigenvalue weighted by Gasteiger charge is -2.21. The minimum Gasteiger partial charge on any atom is -0.350 e. The van der Waals surface area contributed by atoms with Gasteiger partial charge in [0.1, 0.15) is 6.04 Å². The Balaban J connectivity index is 1.63. The Morgan fingerprint density at radius 1 is 1.36 bits per heavy atom. The van der Waals surface area contributed by atoms with Crippen LogP contribution in [0.3, 0.4) is 0 Å². The molecule has 1 aliphatic heterocycles. The Labute approximate surface area is 144 Å². The van der Waals surface area contributed by atoms with Gasteiger partial charge in [-0.15, -0.1) is 0 Å². The lowest BCUT2D eigenvalue weighted by molar-refractivity contribution is -0.910. The van der Waals surface area contributed by atoms with Crippen molar-refractivity contribution in [3.63, 3.8) is 0 Å². The maximum absolute atomic E-state index is 12.3. The maximum atomic E-state index is 12.3. The third-order valence-corrected chi connectivity index (χ3v) is 5.06. The van der Waals surface area contributed by atoms with Crippen LogP contribution >= 0.6 is 22.6 Å². The Bertz CT molecular complexity index is 650. The number of quaternary nitrogens is 1. The lowest BCUT2D eigenvalue weighted by Crippen LogP contribution is -3.11. The fraction of sp³-hybridized carbons (Fsp3) is 0.353. The quantitative estimate of drug-likeness (QED) is 0.744. The average molecular weight is 410 g/mol. The summed E-state index contributed by atoms with van der Waals surface area (Å²) in [6.45, 7) is 1.60. The summed E-state index contributed by atoms with van der Waals surface area (Å²) in [6.07, 6.45) is 4.42. The average Bonchev–Trinajstić information content (AvgIpc) is 3.10. The Hall–Kier alpha value is -1.34. The predicted octanol–water partition coefficient (Wildman–Crippen LogP) is 1.99. The molecular weight excluding hydrogens is 389 g/mol. The number of anilines is 1. The van der Waals surface area contributed by atoms with Crippen molar-refractivity contribution in [3.05, 3.63) is 51.9 Å². The Morgan fingerprint density at radius 3 is 2.82 bits per heavy atom. The molecule has 1 unspecified atom stereocenters. The molecule has 2 N–H and O–H groups in total. The van der Waals surface area contributed by atoms with E-state index in [9.17, 15) is 4.79 Å². The third kappa shape index (κ3) is 3.52. The van der Waals surface area contributed by atoms with Gasteiger partial charge in [-0.1, -0.05) is 0 Å². The highest BCUT2D eigenvalue weighted by molar-refractivity contribution is 14.1. The molecule has 1 fully saturated rings. The number of hydrogen-bond donors (Lipinski definition) is 2. The number of rotatable bonds is 4. The zero-order valence-electron chi connectivity index (χ0n) is 12.7. The van der Waals surface area contributed by atoms with Gasteiger partial charge in [-0.2, -0.15) is 0 Å². The van der Waals surface area contributed by atoms with Crippen LogP contribution in [-0.2, 0) is 11.8 Å². The largest absolute Gasteiger partial charge is 0.350 e. The summed E-state index contributed by atoms with van der Waals surface area (Å²) < 4.78 is 3.34. The first-order chi connectivity index (χ1) is 10.6. The topological polar surface area (TPSA) is 38.5 Å². The highest BCUT2D eigenvalue weighted by atomic mass is 127. The summed E-state index contributed by atoms with van der Waals surface area (Å²) in [5, 5.41) is 3.01. The van der Waals surface area contributed by atoms with Crippen LogP contribution in [0.1, 0.15) is 24.6 Å². The standard InChI is InChI=1S/C17H20IN3O/c1-20-10-2-4-15(20)16-5-3-11-21(16)12-17(22)19-14-8-6-13(18)7-9-14/h2,4,6-10,16H,3,5,11-12H2,1H3,(H,19,22)/p+1/t16-/m1/s1. The van der Waals surface area contributed by atoms with E-state index < -0.39 is 0 Å². The van der Waals surface area contributed by atoms with Crippen LogP contribution in [0.4, 0.5) is 5.69 Å². The van der Waals surface area contributed by atoms with Crippen LogP contribution in [0, 0.1) is 3.57 Å². The molecule has 2 heterocycles. The van der Waals surface area contributed by atoms with Crippen LogP contribution in [0.15, 0.2) is 42.6 Å². The summed E-state index contributed by atoms with van der Waals surface area (Å²) >= 11 is 2.26. The highest BCUT2D eigenvalue weighted by Gasteiger charge is 2.32. The fourth-order valence-corrected chi connectivity index (χ4v) is 3.62. The maximum Gasteiger partial charge on any atom is 0.279 e. The highest BCUT2D eigenvalue weighted by Crippen LogP contribution is 2.19. The second-order valence-corrected chi connectivity index (χ2v) is 7.12. The lowest BCUT2D eigenvalue weighted by atomic mass is 10.1. The number of likely N-dealkylation sites (tertiary alicyclic amines) is 1. The molecule has 3 rings (SSSR count). The van der Waals surface area contributed by atoms with Gasteiger partial charge in [-0.3, -0.25) is 4.79 Å². The number of aryl methyl sites for hydroxylation is 1. The number of nitrogens with zero attached hydrogens (tertiary/aromatic N) is 1. The molecule has 1 saturated heterocycles. The fourth-order valence-electron chi connectivity index (χ4n) is 3.26. The van der Waals surface area contributed by atoms with Crippen LogP contribution in [0.5, 0.6) is 0 Å². The van der Waals surface area contributed by atoms with Crippen molar-refractivity contribution in [2.45, 2.75) is 18.9 Å². The van der Waals surface area contributed by atoms with Gasteiger partial charge in [0.05, 0.1) is 12.2 Å². The van der Waals surface area contributed by atoms with Gasteiger partial charge in [0.25, 0.3) is 5.91 Å². The summed E-state index contributed by atoms with van der Waals surface area (Å²) in [5.41, 5.74) is 2.20. The molecule has 22 heavy (non-hydrogen) atoms. The van der Waals surface area contributed by atoms with E-state index in [1.165, 1.54) is 20.6 Å². The van der Waals surface area contributed by atoms with E-state index in [0.29, 0.717) is 12.6 Å². The van der Waals surface area contributed by atoms with Crippen LogP contribution < -0.4 is 10.2 Å². The molecular formula is C17H21IN3O+. The van der Waals surface area contributed by atoms with Gasteiger partial charge in [0, 0.05) is 35.3 Å². The molecule has 0 radical (unpaired) electrons. The number of carbonyl (C=O) groups is 1. The van der Waals surface area contributed by atoms with Crippen molar-refractivity contribution in [1.82, 2.24) is 4.57 Å². The van der Waals surface area contributed by atoms with Crippen molar-refractivity contribution in [2.24, 2.45) is 7.05 Å². The van der Waals surface area contributed by atoms with Crippen molar-refractivity contribution >= 4 is 34.2 Å². The van der Waals surface area contributed by atoms with Crippen molar-refractivity contribution in [3.8, 4) is 0 Å². The number of nitrogens with one attached hydrogen (secondary N) is 2. The molecule has 5 heteroatoms. The second kappa shape index (κ2) is 6.83. The molecule has 0 spiro atoms. The first-order valence-electron chi connectivity index (χ1n) is 7.65. The monoisotopic (exact) mass is 410 g/mol. The normalized spacial score (nSPS) is 21.0. The van der Waals surface area contributed by atoms with E-state index in [2.05, 4.69) is 57.9 Å². The number of halogens is 1. The molecule has 0 saturated carbocycles. The van der Waals surface area contributed by atoms with Gasteiger partial charge in [-0.25, -0.2) is 0 Å². The summed E-state index contributed by atoms with van der Waals surface area (Å²) in [6, 6.07) is 12.6. The van der Waals surface area contributed by atoms with Crippen molar-refractivity contribution < 1.29 is 9.69 Å². The molecule has 0 bridgehead atoms. The Morgan fingerprint density at radius 2 is 2.14 bits per heavy atom. The van der Waals surface area contributed by atoms with Crippen molar-refractivity contribution in [2.75, 3.05) is 18.4 Å². The zero-order chi connectivity index (χ0) is 15.5. The number of benzene rings is 1. The van der Waals surface area contributed by atoms with E-state index in [4.69, 9.17) is 0 Å². The van der Waals surface area contributed by atoms with Gasteiger partial charge in [-0.05, 0) is 59.0 Å². The minimum atomic E-state index is 0.0947. The van der Waals surface area contributed by atoms with E-state index in [0.717, 1.165) is 18.7 Å². The van der Waals surface area contributed by atoms with Gasteiger partial charge in [0.15, 0.2) is 6.54 Å². The number of aromatic nitrogens is 1. The summed E-state index contributed by atoms with van der Waals surface area (Å²) in [4.78, 5) is 13.7. The number of hydrogen-bond acceptors (Lipinski definition) is 1. The smallest absolute Gasteiger partial charge is 0.279 e. The molecule has 1 aromatic carbocycles. The summed E-state index contributed by atoms with van der Waals surface area (Å²) in [7, 11) is 2.08. The van der Waals surface area contributed by atoms with Gasteiger partial charge >= 0.3 is 0 Å². The van der Waals surface area contributed by atoms with Crippen LogP contribution in [0.25, 0.3) is 0 Å². The zero-order valence-corrected chi connectivity index (χ0v) is 14.8. The molecule has 1 aromatic heterocycles. The molecule has 1 aliphatic rings. The summed E-state index contributed by atoms with van der Waals surface area (Å²) in [5.74, 6) is 0.0947. The second-order valence-electron chi connectivity index (χ2n) is 5.88. The van der Waals surface area contributed by atoms with Gasteiger partial charge in [0.2, 0.25) is 0 Å². The first kappa shape index (κ1) is 15.6. The number of carbonyl (C=O) groups excluding carboxylic acids is 1. The molecule has 1 amide bonds. The third-order valence-electron chi connectivity index (χ3n) is 4.34. The minimum absolute atomic E-state index is 0.0947. The molecule has 116 valence electrons. The molecule has 4 nitrogen and oxygen atoms in total. The van der Waals surface area contributed by atoms with E-state index in [1.54, 1.807) is 0 Å². The van der Waals surface area contributed by atoms with E-state index in [-0.39, 0.29) is 5.91 Å². The molecule has 2 aromatic rings.